The summed E-state index contributed by atoms with van der Waals surface area (Å²) >= 11 is 0. The lowest BCUT2D eigenvalue weighted by Crippen LogP contribution is -2.00. The fourth-order valence-corrected chi connectivity index (χ4v) is 5.68. The van der Waals surface area contributed by atoms with Gasteiger partial charge >= 0.3 is 0 Å². The van der Waals surface area contributed by atoms with Crippen LogP contribution in [0, 0.1) is 11.3 Å². The molecule has 0 amide bonds. The number of hydrogen-bond acceptors (Lipinski definition) is 5. The van der Waals surface area contributed by atoms with Gasteiger partial charge in [0, 0.05) is 27.5 Å². The van der Waals surface area contributed by atoms with Crippen LogP contribution in [0.1, 0.15) is 5.56 Å². The molecule has 0 aliphatic heterocycles. The van der Waals surface area contributed by atoms with E-state index in [0.717, 1.165) is 60.9 Å². The van der Waals surface area contributed by atoms with Crippen LogP contribution in [0.25, 0.3) is 78.4 Å². The molecule has 0 N–H and O–H groups in total. The maximum atomic E-state index is 9.41. The van der Waals surface area contributed by atoms with Crippen LogP contribution in [0.15, 0.2) is 150 Å². The van der Waals surface area contributed by atoms with Gasteiger partial charge in [0.2, 0.25) is 0 Å². The highest BCUT2D eigenvalue weighted by atomic mass is 16.3. The summed E-state index contributed by atoms with van der Waals surface area (Å²) in [6, 6.07) is 50.8. The molecule has 0 saturated heterocycles. The lowest BCUT2D eigenvalue weighted by atomic mass is 9.97. The van der Waals surface area contributed by atoms with Crippen molar-refractivity contribution >= 4 is 21.9 Å². The van der Waals surface area contributed by atoms with Crippen molar-refractivity contribution in [1.29, 1.82) is 5.26 Å². The molecule has 2 heterocycles. The van der Waals surface area contributed by atoms with Crippen molar-refractivity contribution in [2.75, 3.05) is 0 Å². The largest absolute Gasteiger partial charge is 0.456 e. The van der Waals surface area contributed by atoms with Gasteiger partial charge in [-0.05, 0) is 64.7 Å². The van der Waals surface area contributed by atoms with Gasteiger partial charge < -0.3 is 4.42 Å². The SMILES string of the molecule is N#Cc1ccc2oc3ccc(-c4cccc(-c5cccc(-c6nc(-c7ccccc7)nc(-c7ccccc7)n6)c5)c4)cc3c2c1. The highest BCUT2D eigenvalue weighted by Gasteiger charge is 2.14. The van der Waals surface area contributed by atoms with E-state index in [0.29, 0.717) is 23.0 Å². The van der Waals surface area contributed by atoms with E-state index in [1.165, 1.54) is 0 Å². The Morgan fingerprint density at radius 1 is 0.400 bits per heavy atom. The Balaban J connectivity index is 1.20. The summed E-state index contributed by atoms with van der Waals surface area (Å²) < 4.78 is 6.04. The second kappa shape index (κ2) is 11.0. The monoisotopic (exact) mass is 576 g/mol. The summed E-state index contributed by atoms with van der Waals surface area (Å²) in [5.41, 5.74) is 9.28. The molecule has 0 aliphatic rings. The third-order valence-electron chi connectivity index (χ3n) is 7.95. The first-order valence-corrected chi connectivity index (χ1v) is 14.7. The predicted octanol–water partition coefficient (Wildman–Crippen LogP) is 9.98. The molecule has 6 aromatic carbocycles. The maximum absolute atomic E-state index is 9.41. The summed E-state index contributed by atoms with van der Waals surface area (Å²) in [5, 5.41) is 11.3. The average molecular weight is 577 g/mol. The van der Waals surface area contributed by atoms with Crippen molar-refractivity contribution in [3.05, 3.63) is 151 Å². The van der Waals surface area contributed by atoms with E-state index in [1.807, 2.05) is 91.0 Å². The molecule has 210 valence electrons. The van der Waals surface area contributed by atoms with Crippen LogP contribution in [0.2, 0.25) is 0 Å². The zero-order chi connectivity index (χ0) is 30.2. The van der Waals surface area contributed by atoms with E-state index < -0.39 is 0 Å². The number of fused-ring (bicyclic) bond motifs is 3. The third kappa shape index (κ3) is 5.01. The van der Waals surface area contributed by atoms with Crippen molar-refractivity contribution in [2.24, 2.45) is 0 Å². The first-order chi connectivity index (χ1) is 22.2. The number of aromatic nitrogens is 3. The standard InChI is InChI=1S/C40H24N4O/c41-25-26-17-19-36-34(21-26)35-24-32(18-20-37(35)45-36)30-14-7-13-29(22-30)31-15-8-16-33(23-31)40-43-38(27-9-3-1-4-10-27)42-39(44-40)28-11-5-2-6-12-28/h1-24H. The molecule has 8 rings (SSSR count). The van der Waals surface area contributed by atoms with Gasteiger partial charge in [0.05, 0.1) is 11.6 Å². The van der Waals surface area contributed by atoms with Gasteiger partial charge in [0.25, 0.3) is 0 Å². The Bertz CT molecular complexity index is 2330. The summed E-state index contributed by atoms with van der Waals surface area (Å²) in [5.74, 6) is 1.89. The Hall–Kier alpha value is -6.38. The van der Waals surface area contributed by atoms with Crippen molar-refractivity contribution < 1.29 is 4.42 Å². The first kappa shape index (κ1) is 26.3. The molecule has 0 saturated carbocycles. The van der Waals surface area contributed by atoms with Gasteiger partial charge in [-0.1, -0.05) is 103 Å². The van der Waals surface area contributed by atoms with Crippen LogP contribution >= 0.6 is 0 Å². The highest BCUT2D eigenvalue weighted by Crippen LogP contribution is 2.35. The van der Waals surface area contributed by atoms with Gasteiger partial charge in [0.15, 0.2) is 17.5 Å². The Morgan fingerprint density at radius 2 is 0.844 bits per heavy atom. The molecule has 0 bridgehead atoms. The third-order valence-corrected chi connectivity index (χ3v) is 7.95. The zero-order valence-electron chi connectivity index (χ0n) is 24.1. The summed E-state index contributed by atoms with van der Waals surface area (Å²) in [6.45, 7) is 0. The van der Waals surface area contributed by atoms with Gasteiger partial charge in [0.1, 0.15) is 11.2 Å². The minimum atomic E-state index is 0.613. The molecule has 0 fully saturated rings. The minimum Gasteiger partial charge on any atom is -0.456 e. The van der Waals surface area contributed by atoms with E-state index >= 15 is 0 Å². The molecule has 0 atom stereocenters. The van der Waals surface area contributed by atoms with E-state index in [4.69, 9.17) is 19.4 Å². The number of hydrogen-bond donors (Lipinski definition) is 0. The predicted molar refractivity (Wildman–Crippen MR) is 179 cm³/mol. The van der Waals surface area contributed by atoms with Crippen LogP contribution in [-0.2, 0) is 0 Å². The van der Waals surface area contributed by atoms with E-state index in [9.17, 15) is 5.26 Å². The van der Waals surface area contributed by atoms with Crippen LogP contribution < -0.4 is 0 Å². The molecule has 5 nitrogen and oxygen atoms in total. The quantitative estimate of drug-likeness (QED) is 0.204. The summed E-state index contributed by atoms with van der Waals surface area (Å²) in [4.78, 5) is 14.6. The highest BCUT2D eigenvalue weighted by molar-refractivity contribution is 6.06. The molecule has 0 radical (unpaired) electrons. The fourth-order valence-electron chi connectivity index (χ4n) is 5.68. The Labute approximate surface area is 259 Å². The Morgan fingerprint density at radius 3 is 1.42 bits per heavy atom. The van der Waals surface area contributed by atoms with E-state index in [1.54, 1.807) is 6.07 Å². The topological polar surface area (TPSA) is 75.6 Å². The lowest BCUT2D eigenvalue weighted by Gasteiger charge is -2.10. The van der Waals surface area contributed by atoms with Crippen LogP contribution in [0.4, 0.5) is 0 Å². The molecule has 8 aromatic rings. The second-order valence-corrected chi connectivity index (χ2v) is 10.8. The van der Waals surface area contributed by atoms with Crippen molar-refractivity contribution in [3.63, 3.8) is 0 Å². The summed E-state index contributed by atoms with van der Waals surface area (Å²) in [7, 11) is 0. The number of nitrogens with zero attached hydrogens (tertiary/aromatic N) is 4. The maximum Gasteiger partial charge on any atom is 0.164 e. The lowest BCUT2D eigenvalue weighted by molar-refractivity contribution is 0.669. The number of nitriles is 1. The van der Waals surface area contributed by atoms with Gasteiger partial charge in [-0.25, -0.2) is 15.0 Å². The molecular formula is C40H24N4O. The van der Waals surface area contributed by atoms with Crippen LogP contribution in [0.3, 0.4) is 0 Å². The first-order valence-electron chi connectivity index (χ1n) is 14.7. The van der Waals surface area contributed by atoms with Crippen molar-refractivity contribution in [1.82, 2.24) is 15.0 Å². The minimum absolute atomic E-state index is 0.613. The smallest absolute Gasteiger partial charge is 0.164 e. The number of rotatable bonds is 5. The molecule has 0 spiro atoms. The van der Waals surface area contributed by atoms with Gasteiger partial charge in [-0.3, -0.25) is 0 Å². The second-order valence-electron chi connectivity index (χ2n) is 10.8. The molecular weight excluding hydrogens is 552 g/mol. The summed E-state index contributed by atoms with van der Waals surface area (Å²) in [6.07, 6.45) is 0. The number of furan rings is 1. The molecule has 0 aliphatic carbocycles. The average Bonchev–Trinajstić information content (AvgIpc) is 3.49. The van der Waals surface area contributed by atoms with Crippen molar-refractivity contribution in [3.8, 4) is 62.5 Å². The zero-order valence-corrected chi connectivity index (χ0v) is 24.1. The molecule has 45 heavy (non-hydrogen) atoms. The Kier molecular flexibility index (Phi) is 6.44. The molecule has 0 unspecified atom stereocenters. The molecule has 5 heteroatoms. The number of benzene rings is 6. The van der Waals surface area contributed by atoms with E-state index in [2.05, 4.69) is 54.6 Å². The van der Waals surface area contributed by atoms with E-state index in [-0.39, 0.29) is 0 Å². The van der Waals surface area contributed by atoms with Gasteiger partial charge in [-0.15, -0.1) is 0 Å². The normalized spacial score (nSPS) is 11.1. The van der Waals surface area contributed by atoms with Crippen LogP contribution in [0.5, 0.6) is 0 Å². The van der Waals surface area contributed by atoms with Crippen molar-refractivity contribution in [2.45, 2.75) is 0 Å². The molecule has 2 aromatic heterocycles. The van der Waals surface area contributed by atoms with Crippen LogP contribution in [-0.4, -0.2) is 15.0 Å². The fraction of sp³-hybridized carbons (Fsp3) is 0. The van der Waals surface area contributed by atoms with Gasteiger partial charge in [-0.2, -0.15) is 5.26 Å².